The van der Waals surface area contributed by atoms with Crippen molar-refractivity contribution in [3.8, 4) is 0 Å². The van der Waals surface area contributed by atoms with Gasteiger partial charge in [0.1, 0.15) is 5.82 Å². The van der Waals surface area contributed by atoms with E-state index in [2.05, 4.69) is 27.1 Å². The van der Waals surface area contributed by atoms with Crippen LogP contribution in [0.3, 0.4) is 0 Å². The number of amides is 1. The van der Waals surface area contributed by atoms with Crippen molar-refractivity contribution >= 4 is 21.6 Å². The topological polar surface area (TPSA) is 78.5 Å². The molecule has 0 aromatic heterocycles. The Labute approximate surface area is 199 Å². The summed E-state index contributed by atoms with van der Waals surface area (Å²) in [7, 11) is -4.00. The molecule has 0 radical (unpaired) electrons. The molecule has 3 aromatic rings. The van der Waals surface area contributed by atoms with Gasteiger partial charge < -0.3 is 5.32 Å². The zero-order valence-electron chi connectivity index (χ0n) is 19.0. The molecule has 8 heteroatoms. The summed E-state index contributed by atoms with van der Waals surface area (Å²) >= 11 is 0. The fourth-order valence-corrected chi connectivity index (χ4v) is 5.22. The monoisotopic (exact) mass is 481 g/mol. The minimum atomic E-state index is -4.00. The lowest BCUT2D eigenvalue weighted by Gasteiger charge is -2.28. The molecule has 34 heavy (non-hydrogen) atoms. The third-order valence-electron chi connectivity index (χ3n) is 6.05. The normalized spacial score (nSPS) is 15.1. The number of halogens is 1. The number of carbonyl (C=O) groups is 1. The molecule has 2 N–H and O–H groups in total. The van der Waals surface area contributed by atoms with Gasteiger partial charge in [-0.2, -0.15) is 0 Å². The van der Waals surface area contributed by atoms with Crippen molar-refractivity contribution in [2.45, 2.75) is 30.7 Å². The zero-order chi connectivity index (χ0) is 24.1. The van der Waals surface area contributed by atoms with Crippen LogP contribution < -0.4 is 10.0 Å². The van der Waals surface area contributed by atoms with E-state index >= 15 is 0 Å². The molecule has 1 heterocycles. The fourth-order valence-electron chi connectivity index (χ4n) is 4.16. The molecule has 0 unspecified atom stereocenters. The van der Waals surface area contributed by atoms with Gasteiger partial charge in [-0.05, 0) is 74.3 Å². The standard InChI is InChI=1S/C26H28FN3O3S/c1-19-12-13-23(17-24(19)27)34(32,33)29-22-11-7-10-21(16-22)26(31)28-18-25(30-14-5-6-15-30)20-8-3-2-4-9-20/h2-4,7-13,16-17,25,29H,5-6,14-15,18H2,1H3,(H,28,31)/t25-/m1/s1. The Bertz CT molecular complexity index is 1260. The molecular formula is C26H28FN3O3S. The number of aryl methyl sites for hydroxylation is 1. The van der Waals surface area contributed by atoms with E-state index in [0.29, 0.717) is 17.7 Å². The second-order valence-electron chi connectivity index (χ2n) is 8.48. The van der Waals surface area contributed by atoms with Gasteiger partial charge >= 0.3 is 0 Å². The number of benzene rings is 3. The highest BCUT2D eigenvalue weighted by atomic mass is 32.2. The molecule has 1 aliphatic rings. The summed E-state index contributed by atoms with van der Waals surface area (Å²) in [6.07, 6.45) is 2.29. The first-order chi connectivity index (χ1) is 16.3. The summed E-state index contributed by atoms with van der Waals surface area (Å²) in [5, 5.41) is 3.00. The minimum absolute atomic E-state index is 0.0748. The van der Waals surface area contributed by atoms with Gasteiger partial charge in [-0.15, -0.1) is 0 Å². The molecule has 3 aromatic carbocycles. The van der Waals surface area contributed by atoms with E-state index in [-0.39, 0.29) is 22.5 Å². The summed E-state index contributed by atoms with van der Waals surface area (Å²) in [6, 6.07) is 20.2. The number of likely N-dealkylation sites (tertiary alicyclic amines) is 1. The SMILES string of the molecule is Cc1ccc(S(=O)(=O)Nc2cccc(C(=O)NC[C@H](c3ccccc3)N3CCCC3)c2)cc1F. The lowest BCUT2D eigenvalue weighted by molar-refractivity contribution is 0.0938. The van der Waals surface area contributed by atoms with Gasteiger partial charge in [-0.3, -0.25) is 14.4 Å². The van der Waals surface area contributed by atoms with Crippen LogP contribution in [0.15, 0.2) is 77.7 Å². The number of nitrogens with zero attached hydrogens (tertiary/aromatic N) is 1. The highest BCUT2D eigenvalue weighted by molar-refractivity contribution is 7.92. The second kappa shape index (κ2) is 10.4. The smallest absolute Gasteiger partial charge is 0.261 e. The highest BCUT2D eigenvalue weighted by Crippen LogP contribution is 2.25. The van der Waals surface area contributed by atoms with Crippen LogP contribution in [0.2, 0.25) is 0 Å². The highest BCUT2D eigenvalue weighted by Gasteiger charge is 2.24. The van der Waals surface area contributed by atoms with Crippen LogP contribution in [0, 0.1) is 12.7 Å². The van der Waals surface area contributed by atoms with Crippen LogP contribution >= 0.6 is 0 Å². The van der Waals surface area contributed by atoms with Gasteiger partial charge in [0.05, 0.1) is 10.9 Å². The van der Waals surface area contributed by atoms with Gasteiger partial charge in [0.25, 0.3) is 15.9 Å². The van der Waals surface area contributed by atoms with Crippen molar-refractivity contribution in [3.05, 3.63) is 95.3 Å². The molecule has 0 spiro atoms. The summed E-state index contributed by atoms with van der Waals surface area (Å²) in [5.74, 6) is -0.885. The minimum Gasteiger partial charge on any atom is -0.350 e. The van der Waals surface area contributed by atoms with Gasteiger partial charge in [-0.25, -0.2) is 12.8 Å². The number of nitrogens with one attached hydrogen (secondary N) is 2. The first-order valence-corrected chi connectivity index (χ1v) is 12.8. The maximum absolute atomic E-state index is 13.9. The Morgan fingerprint density at radius 1 is 1.00 bits per heavy atom. The largest absolute Gasteiger partial charge is 0.350 e. The van der Waals surface area contributed by atoms with Gasteiger partial charge in [0.2, 0.25) is 0 Å². The van der Waals surface area contributed by atoms with Crippen molar-refractivity contribution in [1.82, 2.24) is 10.2 Å². The maximum atomic E-state index is 13.9. The molecule has 1 amide bonds. The van der Waals surface area contributed by atoms with E-state index in [1.807, 2.05) is 18.2 Å². The maximum Gasteiger partial charge on any atom is 0.261 e. The molecule has 0 aliphatic carbocycles. The quantitative estimate of drug-likeness (QED) is 0.497. The number of rotatable bonds is 8. The molecule has 1 atom stereocenters. The van der Waals surface area contributed by atoms with Gasteiger partial charge in [0.15, 0.2) is 0 Å². The summed E-state index contributed by atoms with van der Waals surface area (Å²) in [6.45, 7) is 3.99. The van der Waals surface area contributed by atoms with E-state index in [4.69, 9.17) is 0 Å². The predicted octanol–water partition coefficient (Wildman–Crippen LogP) is 4.50. The van der Waals surface area contributed by atoms with E-state index in [1.165, 1.54) is 18.2 Å². The molecule has 1 saturated heterocycles. The molecule has 6 nitrogen and oxygen atoms in total. The molecule has 1 fully saturated rings. The van der Waals surface area contributed by atoms with Crippen molar-refractivity contribution in [3.63, 3.8) is 0 Å². The summed E-state index contributed by atoms with van der Waals surface area (Å²) < 4.78 is 41.6. The van der Waals surface area contributed by atoms with Crippen molar-refractivity contribution < 1.29 is 17.6 Å². The van der Waals surface area contributed by atoms with E-state index in [1.54, 1.807) is 25.1 Å². The van der Waals surface area contributed by atoms with Crippen LogP contribution in [0.5, 0.6) is 0 Å². The number of sulfonamides is 1. The third kappa shape index (κ3) is 5.63. The number of carbonyl (C=O) groups excluding carboxylic acids is 1. The van der Waals surface area contributed by atoms with Gasteiger partial charge in [-0.1, -0.05) is 42.5 Å². The Morgan fingerprint density at radius 3 is 2.44 bits per heavy atom. The second-order valence-corrected chi connectivity index (χ2v) is 10.2. The summed E-state index contributed by atoms with van der Waals surface area (Å²) in [4.78, 5) is 15.1. The predicted molar refractivity (Wildman–Crippen MR) is 131 cm³/mol. The van der Waals surface area contributed by atoms with Gasteiger partial charge in [0, 0.05) is 17.8 Å². The average molecular weight is 482 g/mol. The van der Waals surface area contributed by atoms with Crippen molar-refractivity contribution in [2.75, 3.05) is 24.4 Å². The van der Waals surface area contributed by atoms with Crippen LogP contribution in [0.1, 0.15) is 40.4 Å². The Hall–Kier alpha value is -3.23. The Morgan fingerprint density at radius 2 is 1.74 bits per heavy atom. The zero-order valence-corrected chi connectivity index (χ0v) is 19.8. The molecule has 178 valence electrons. The number of hydrogen-bond acceptors (Lipinski definition) is 4. The van der Waals surface area contributed by atoms with E-state index in [0.717, 1.165) is 37.6 Å². The van der Waals surface area contributed by atoms with Crippen molar-refractivity contribution in [1.29, 1.82) is 0 Å². The van der Waals surface area contributed by atoms with Crippen molar-refractivity contribution in [2.24, 2.45) is 0 Å². The lowest BCUT2D eigenvalue weighted by atomic mass is 10.1. The molecular weight excluding hydrogens is 453 g/mol. The Balaban J connectivity index is 1.46. The van der Waals surface area contributed by atoms with Crippen LogP contribution in [0.4, 0.5) is 10.1 Å². The number of anilines is 1. The van der Waals surface area contributed by atoms with Crippen LogP contribution in [0.25, 0.3) is 0 Å². The Kier molecular flexibility index (Phi) is 7.29. The first-order valence-electron chi connectivity index (χ1n) is 11.3. The molecule has 1 aliphatic heterocycles. The van der Waals surface area contributed by atoms with Crippen LogP contribution in [-0.4, -0.2) is 38.9 Å². The number of hydrogen-bond donors (Lipinski definition) is 2. The van der Waals surface area contributed by atoms with Crippen LogP contribution in [-0.2, 0) is 10.0 Å². The first kappa shape index (κ1) is 23.9. The lowest BCUT2D eigenvalue weighted by Crippen LogP contribution is -2.36. The molecule has 4 rings (SSSR count). The molecule has 0 bridgehead atoms. The fraction of sp³-hybridized carbons (Fsp3) is 0.269. The van der Waals surface area contributed by atoms with E-state index < -0.39 is 15.8 Å². The van der Waals surface area contributed by atoms with E-state index in [9.17, 15) is 17.6 Å². The average Bonchev–Trinajstić information content (AvgIpc) is 3.36. The third-order valence-corrected chi connectivity index (χ3v) is 7.43. The molecule has 0 saturated carbocycles. The summed E-state index contributed by atoms with van der Waals surface area (Å²) in [5.41, 5.74) is 2.08.